The molecule has 48 heavy (non-hydrogen) atoms. The van der Waals surface area contributed by atoms with Crippen molar-refractivity contribution in [1.82, 2.24) is 15.1 Å². The molecule has 1 N–H and O–H groups in total. The molecule has 0 spiro atoms. The summed E-state index contributed by atoms with van der Waals surface area (Å²) in [6, 6.07) is 5.40. The van der Waals surface area contributed by atoms with Gasteiger partial charge in [0.2, 0.25) is 5.91 Å². The highest BCUT2D eigenvalue weighted by Gasteiger charge is 2.68. The number of esters is 2. The van der Waals surface area contributed by atoms with E-state index < -0.39 is 35.8 Å². The lowest BCUT2D eigenvalue weighted by Gasteiger charge is -2.64. The summed E-state index contributed by atoms with van der Waals surface area (Å²) in [6.45, 7) is 21.0. The third-order valence-electron chi connectivity index (χ3n) is 10.6. The summed E-state index contributed by atoms with van der Waals surface area (Å²) in [4.78, 5) is 43.3. The topological polar surface area (TPSA) is 116 Å². The van der Waals surface area contributed by atoms with Crippen LogP contribution in [0.1, 0.15) is 91.1 Å². The normalized spacial score (nSPS) is 27.8. The molecule has 11 nitrogen and oxygen atoms in total. The van der Waals surface area contributed by atoms with Gasteiger partial charge in [0, 0.05) is 26.2 Å². The van der Waals surface area contributed by atoms with Crippen molar-refractivity contribution in [3.05, 3.63) is 29.3 Å². The van der Waals surface area contributed by atoms with Gasteiger partial charge in [-0.2, -0.15) is 0 Å². The fourth-order valence-electron chi connectivity index (χ4n) is 8.12. The highest BCUT2D eigenvalue weighted by atomic mass is 16.7. The van der Waals surface area contributed by atoms with Gasteiger partial charge in [-0.1, -0.05) is 26.0 Å². The number of para-hydroxylation sites is 1. The zero-order valence-corrected chi connectivity index (χ0v) is 30.6. The van der Waals surface area contributed by atoms with E-state index in [2.05, 4.69) is 35.9 Å². The molecule has 6 rings (SSSR count). The monoisotopic (exact) mass is 669 g/mol. The Morgan fingerprint density at radius 3 is 2.17 bits per heavy atom. The van der Waals surface area contributed by atoms with Gasteiger partial charge in [0.1, 0.15) is 22.5 Å². The summed E-state index contributed by atoms with van der Waals surface area (Å²) in [5.74, 6) is -0.00286. The van der Waals surface area contributed by atoms with Crippen LogP contribution >= 0.6 is 0 Å². The minimum atomic E-state index is -0.667. The number of amides is 1. The molecule has 1 aromatic rings. The first kappa shape index (κ1) is 36.6. The molecule has 2 saturated heterocycles. The highest BCUT2D eigenvalue weighted by Crippen LogP contribution is 2.65. The molecule has 266 valence electrons. The van der Waals surface area contributed by atoms with Crippen molar-refractivity contribution in [3.63, 3.8) is 0 Å². The summed E-state index contributed by atoms with van der Waals surface area (Å²) in [5, 5.41) is 3.25. The molecule has 3 aliphatic carbocycles. The van der Waals surface area contributed by atoms with Gasteiger partial charge in [0.15, 0.2) is 0 Å². The van der Waals surface area contributed by atoms with Gasteiger partial charge in [-0.05, 0) is 96.6 Å². The SMILES string of the molecule is COc1c(CC(NC(=O)CN2CCN(CC(=O)OC(C)(C)C)CC2)B2OC3CC4CC(C4(C)C)C3(C)O2)cccc1C(=O)OC(C)(C)C. The zero-order chi connectivity index (χ0) is 35.2. The molecule has 1 aromatic carbocycles. The maximum Gasteiger partial charge on any atom is 0.482 e. The van der Waals surface area contributed by atoms with Crippen LogP contribution in [0, 0.1) is 17.3 Å². The second-order valence-corrected chi connectivity index (χ2v) is 16.9. The first-order chi connectivity index (χ1) is 22.3. The predicted molar refractivity (Wildman–Crippen MR) is 183 cm³/mol. The number of hydrogen-bond donors (Lipinski definition) is 1. The first-order valence-electron chi connectivity index (χ1n) is 17.5. The average Bonchev–Trinajstić information content (AvgIpc) is 3.33. The van der Waals surface area contributed by atoms with Crippen LogP contribution < -0.4 is 10.1 Å². The Morgan fingerprint density at radius 1 is 0.958 bits per heavy atom. The molecule has 5 atom stereocenters. The third kappa shape index (κ3) is 8.03. The Bertz CT molecular complexity index is 1370. The second kappa shape index (κ2) is 13.6. The van der Waals surface area contributed by atoms with Gasteiger partial charge < -0.3 is 28.8 Å². The molecule has 1 amide bonds. The maximum atomic E-state index is 13.7. The fraction of sp³-hybridized carbons (Fsp3) is 0.750. The number of nitrogens with zero attached hydrogens (tertiary/aromatic N) is 2. The quantitative estimate of drug-likeness (QED) is 0.291. The van der Waals surface area contributed by atoms with Crippen LogP contribution in [0.3, 0.4) is 0 Å². The lowest BCUT2D eigenvalue weighted by Crippen LogP contribution is -2.65. The third-order valence-corrected chi connectivity index (χ3v) is 10.6. The molecule has 0 radical (unpaired) electrons. The summed E-state index contributed by atoms with van der Waals surface area (Å²) in [6.07, 6.45) is 2.34. The first-order valence-corrected chi connectivity index (χ1v) is 17.5. The summed E-state index contributed by atoms with van der Waals surface area (Å²) < 4.78 is 30.4. The molecule has 5 unspecified atom stereocenters. The molecular formula is C36H56BN3O8. The maximum absolute atomic E-state index is 13.7. The van der Waals surface area contributed by atoms with Gasteiger partial charge in [-0.15, -0.1) is 0 Å². The predicted octanol–water partition coefficient (Wildman–Crippen LogP) is 3.90. The van der Waals surface area contributed by atoms with Crippen molar-refractivity contribution in [2.24, 2.45) is 17.3 Å². The molecular weight excluding hydrogens is 613 g/mol. The van der Waals surface area contributed by atoms with E-state index in [4.69, 9.17) is 23.5 Å². The number of rotatable bonds is 10. The van der Waals surface area contributed by atoms with E-state index >= 15 is 0 Å². The lowest BCUT2D eigenvalue weighted by atomic mass is 9.43. The Labute approximate surface area is 286 Å². The Kier molecular flexibility index (Phi) is 10.3. The number of ether oxygens (including phenoxy) is 3. The minimum Gasteiger partial charge on any atom is -0.496 e. The van der Waals surface area contributed by atoms with Gasteiger partial charge in [-0.25, -0.2) is 4.79 Å². The van der Waals surface area contributed by atoms with Crippen LogP contribution in [0.15, 0.2) is 18.2 Å². The van der Waals surface area contributed by atoms with Crippen molar-refractivity contribution >= 4 is 25.0 Å². The van der Waals surface area contributed by atoms with Crippen LogP contribution in [0.2, 0.25) is 0 Å². The summed E-state index contributed by atoms with van der Waals surface area (Å²) in [5.41, 5.74) is -0.374. The zero-order valence-electron chi connectivity index (χ0n) is 30.6. The molecule has 2 heterocycles. The highest BCUT2D eigenvalue weighted by molar-refractivity contribution is 6.48. The van der Waals surface area contributed by atoms with Crippen LogP contribution in [-0.2, 0) is 34.8 Å². The molecule has 2 bridgehead atoms. The van der Waals surface area contributed by atoms with Gasteiger partial charge in [-0.3, -0.25) is 19.4 Å². The van der Waals surface area contributed by atoms with Crippen molar-refractivity contribution < 1.29 is 37.9 Å². The van der Waals surface area contributed by atoms with E-state index in [0.29, 0.717) is 55.7 Å². The Morgan fingerprint density at radius 2 is 1.58 bits per heavy atom. The van der Waals surface area contributed by atoms with Gasteiger partial charge >= 0.3 is 19.1 Å². The van der Waals surface area contributed by atoms with Crippen molar-refractivity contribution in [1.29, 1.82) is 0 Å². The van der Waals surface area contributed by atoms with Crippen molar-refractivity contribution in [2.75, 3.05) is 46.4 Å². The van der Waals surface area contributed by atoms with Crippen molar-refractivity contribution in [2.45, 2.75) is 110 Å². The molecule has 12 heteroatoms. The molecule has 3 saturated carbocycles. The van der Waals surface area contributed by atoms with E-state index in [-0.39, 0.29) is 36.5 Å². The smallest absolute Gasteiger partial charge is 0.482 e. The minimum absolute atomic E-state index is 0.0493. The van der Waals surface area contributed by atoms with Crippen LogP contribution in [0.25, 0.3) is 0 Å². The summed E-state index contributed by atoms with van der Waals surface area (Å²) >= 11 is 0. The fourth-order valence-corrected chi connectivity index (χ4v) is 8.12. The Hall–Kier alpha value is -2.67. The van der Waals surface area contributed by atoms with Gasteiger partial charge in [0.05, 0.1) is 37.8 Å². The summed E-state index contributed by atoms with van der Waals surface area (Å²) in [7, 11) is 0.871. The average molecular weight is 670 g/mol. The number of hydrogen-bond acceptors (Lipinski definition) is 10. The number of piperazine rings is 1. The molecule has 0 aromatic heterocycles. The number of benzene rings is 1. The van der Waals surface area contributed by atoms with E-state index in [1.165, 1.54) is 7.11 Å². The number of carbonyl (C=O) groups is 3. The van der Waals surface area contributed by atoms with E-state index in [1.807, 2.05) is 53.7 Å². The Balaban J connectivity index is 1.30. The standard InChI is InChI=1S/C36H56BN3O8/c1-33(2,3)45-30(42)22-40-16-14-39(15-17-40)21-29(41)38-28(37-47-27-20-24-19-26(35(24,7)8)36(27,9)48-37)18-23-12-11-13-25(31(23)44-10)32(43)46-34(4,5)6/h11-13,24,26-28H,14-22H2,1-10H3,(H,38,41). The molecule has 5 aliphatic rings. The van der Waals surface area contributed by atoms with Gasteiger partial charge in [0.25, 0.3) is 0 Å². The number of carbonyl (C=O) groups excluding carboxylic acids is 3. The van der Waals surface area contributed by atoms with Crippen LogP contribution in [0.4, 0.5) is 0 Å². The number of nitrogens with one attached hydrogen (secondary N) is 1. The lowest BCUT2D eigenvalue weighted by molar-refractivity contribution is -0.199. The van der Waals surface area contributed by atoms with Crippen molar-refractivity contribution in [3.8, 4) is 5.75 Å². The van der Waals surface area contributed by atoms with E-state index in [9.17, 15) is 14.4 Å². The number of methoxy groups -OCH3 is 1. The molecule has 2 aliphatic heterocycles. The second-order valence-electron chi connectivity index (χ2n) is 16.9. The molecule has 5 fully saturated rings. The largest absolute Gasteiger partial charge is 0.496 e. The van der Waals surface area contributed by atoms with E-state index in [0.717, 1.165) is 18.4 Å². The van der Waals surface area contributed by atoms with E-state index in [1.54, 1.807) is 6.07 Å². The van der Waals surface area contributed by atoms with Crippen LogP contribution in [-0.4, -0.2) is 110 Å². The van der Waals surface area contributed by atoms with Crippen LogP contribution in [0.5, 0.6) is 5.75 Å².